The second-order valence-electron chi connectivity index (χ2n) is 6.19. The van der Waals surface area contributed by atoms with Gasteiger partial charge in [0, 0.05) is 24.5 Å². The standard InChI is InChI=1S/C12H22N2O3/c1-7(13-16)10-8-5-9(10)14(6-8)11(15)17-12(2,3)4/h7-10,13,16H,5-6H2,1-4H3. The van der Waals surface area contributed by atoms with E-state index in [-0.39, 0.29) is 18.2 Å². The van der Waals surface area contributed by atoms with Crippen molar-refractivity contribution in [3.05, 3.63) is 0 Å². The van der Waals surface area contributed by atoms with Crippen LogP contribution in [0.25, 0.3) is 0 Å². The van der Waals surface area contributed by atoms with Gasteiger partial charge in [0.1, 0.15) is 5.60 Å². The molecule has 0 radical (unpaired) electrons. The van der Waals surface area contributed by atoms with Gasteiger partial charge < -0.3 is 14.8 Å². The largest absolute Gasteiger partial charge is 0.444 e. The Bertz CT molecular complexity index is 313. The Morgan fingerprint density at radius 1 is 1.53 bits per heavy atom. The molecule has 0 aromatic rings. The van der Waals surface area contributed by atoms with E-state index in [1.54, 1.807) is 0 Å². The summed E-state index contributed by atoms with van der Waals surface area (Å²) in [6.45, 7) is 8.33. The molecular weight excluding hydrogens is 220 g/mol. The van der Waals surface area contributed by atoms with Crippen LogP contribution >= 0.6 is 0 Å². The van der Waals surface area contributed by atoms with Gasteiger partial charge in [-0.3, -0.25) is 0 Å². The lowest BCUT2D eigenvalue weighted by Crippen LogP contribution is -2.50. The summed E-state index contributed by atoms with van der Waals surface area (Å²) in [4.78, 5) is 13.8. The summed E-state index contributed by atoms with van der Waals surface area (Å²) < 4.78 is 5.38. The van der Waals surface area contributed by atoms with Crippen LogP contribution in [0.5, 0.6) is 0 Å². The molecule has 17 heavy (non-hydrogen) atoms. The maximum absolute atomic E-state index is 12.0. The molecule has 1 amide bonds. The minimum absolute atomic E-state index is 0.0335. The average molecular weight is 242 g/mol. The van der Waals surface area contributed by atoms with Crippen LogP contribution in [0.4, 0.5) is 4.79 Å². The van der Waals surface area contributed by atoms with E-state index in [4.69, 9.17) is 9.94 Å². The Hall–Kier alpha value is -0.810. The minimum atomic E-state index is -0.444. The van der Waals surface area contributed by atoms with E-state index < -0.39 is 5.60 Å². The van der Waals surface area contributed by atoms with Crippen molar-refractivity contribution in [3.63, 3.8) is 0 Å². The van der Waals surface area contributed by atoms with Gasteiger partial charge in [0.15, 0.2) is 0 Å². The Labute approximate surface area is 102 Å². The summed E-state index contributed by atoms with van der Waals surface area (Å²) in [5.74, 6) is 0.856. The highest BCUT2D eigenvalue weighted by Gasteiger charge is 2.56. The van der Waals surface area contributed by atoms with Crippen molar-refractivity contribution in [2.45, 2.75) is 51.8 Å². The normalized spacial score (nSPS) is 33.2. The molecule has 0 spiro atoms. The van der Waals surface area contributed by atoms with E-state index >= 15 is 0 Å². The highest BCUT2D eigenvalue weighted by Crippen LogP contribution is 2.48. The molecular formula is C12H22N2O3. The lowest BCUT2D eigenvalue weighted by Gasteiger charge is -2.39. The van der Waals surface area contributed by atoms with Crippen LogP contribution < -0.4 is 5.48 Å². The second kappa shape index (κ2) is 4.14. The molecule has 1 aliphatic carbocycles. The van der Waals surface area contributed by atoms with E-state index in [2.05, 4.69) is 5.48 Å². The van der Waals surface area contributed by atoms with E-state index in [1.807, 2.05) is 32.6 Å². The summed E-state index contributed by atoms with van der Waals surface area (Å²) >= 11 is 0. The monoisotopic (exact) mass is 242 g/mol. The van der Waals surface area contributed by atoms with Crippen LogP contribution in [0, 0.1) is 11.8 Å². The van der Waals surface area contributed by atoms with Gasteiger partial charge in [-0.1, -0.05) is 0 Å². The Morgan fingerprint density at radius 3 is 2.71 bits per heavy atom. The number of fused-ring (bicyclic) bond motifs is 1. The van der Waals surface area contributed by atoms with E-state index in [0.717, 1.165) is 13.0 Å². The van der Waals surface area contributed by atoms with Crippen molar-refractivity contribution >= 4 is 6.09 Å². The molecule has 2 heterocycles. The third-order valence-corrected chi connectivity index (χ3v) is 3.77. The molecule has 2 bridgehead atoms. The number of hydrogen-bond donors (Lipinski definition) is 2. The molecule has 5 nitrogen and oxygen atoms in total. The van der Waals surface area contributed by atoms with Gasteiger partial charge in [-0.05, 0) is 40.0 Å². The highest BCUT2D eigenvalue weighted by molar-refractivity contribution is 5.69. The maximum atomic E-state index is 12.0. The van der Waals surface area contributed by atoms with Gasteiger partial charge in [0.25, 0.3) is 0 Å². The molecule has 1 saturated carbocycles. The molecule has 0 aromatic carbocycles. The van der Waals surface area contributed by atoms with Crippen LogP contribution in [0.1, 0.15) is 34.1 Å². The first-order valence-corrected chi connectivity index (χ1v) is 6.22. The molecule has 4 atom stereocenters. The number of nitrogens with zero attached hydrogens (tertiary/aromatic N) is 1. The number of amides is 1. The van der Waals surface area contributed by atoms with E-state index in [0.29, 0.717) is 11.8 Å². The Morgan fingerprint density at radius 2 is 2.18 bits per heavy atom. The Kier molecular flexibility index (Phi) is 3.08. The first kappa shape index (κ1) is 12.6. The van der Waals surface area contributed by atoms with Gasteiger partial charge in [-0.2, -0.15) is 0 Å². The fourth-order valence-corrected chi connectivity index (χ4v) is 3.02. The number of hydrogen-bond acceptors (Lipinski definition) is 4. The fourth-order valence-electron chi connectivity index (χ4n) is 3.02. The molecule has 0 aromatic heterocycles. The highest BCUT2D eigenvalue weighted by atomic mass is 16.6. The van der Waals surface area contributed by atoms with Crippen molar-refractivity contribution in [2.75, 3.05) is 6.54 Å². The van der Waals surface area contributed by atoms with E-state index in [9.17, 15) is 4.79 Å². The summed E-state index contributed by atoms with van der Waals surface area (Å²) in [5.41, 5.74) is 1.85. The molecule has 98 valence electrons. The van der Waals surface area contributed by atoms with Crippen molar-refractivity contribution in [1.82, 2.24) is 10.4 Å². The molecule has 3 aliphatic rings. The fraction of sp³-hybridized carbons (Fsp3) is 0.917. The number of carbonyl (C=O) groups excluding carboxylic acids is 1. The zero-order valence-electron chi connectivity index (χ0n) is 10.9. The number of carbonyl (C=O) groups is 1. The van der Waals surface area contributed by atoms with Crippen molar-refractivity contribution in [2.24, 2.45) is 11.8 Å². The van der Waals surface area contributed by atoms with Gasteiger partial charge >= 0.3 is 6.09 Å². The maximum Gasteiger partial charge on any atom is 0.410 e. The van der Waals surface area contributed by atoms with Crippen LogP contribution in [-0.4, -0.2) is 40.4 Å². The predicted octanol–water partition coefficient (Wildman–Crippen LogP) is 1.61. The first-order valence-electron chi connectivity index (χ1n) is 6.22. The molecule has 2 N–H and O–H groups in total. The molecule has 3 rings (SSSR count). The molecule has 5 heteroatoms. The molecule has 2 saturated heterocycles. The minimum Gasteiger partial charge on any atom is -0.444 e. The lowest BCUT2D eigenvalue weighted by molar-refractivity contribution is 0.00914. The molecule has 3 fully saturated rings. The summed E-state index contributed by atoms with van der Waals surface area (Å²) in [6, 6.07) is 0.260. The lowest BCUT2D eigenvalue weighted by atomic mass is 9.70. The zero-order chi connectivity index (χ0) is 12.8. The van der Waals surface area contributed by atoms with Crippen molar-refractivity contribution in [3.8, 4) is 0 Å². The van der Waals surface area contributed by atoms with Crippen LogP contribution in [0.3, 0.4) is 0 Å². The number of ether oxygens (including phenoxy) is 1. The first-order chi connectivity index (χ1) is 7.83. The van der Waals surface area contributed by atoms with Gasteiger partial charge in [-0.15, -0.1) is 0 Å². The zero-order valence-corrected chi connectivity index (χ0v) is 10.9. The van der Waals surface area contributed by atoms with E-state index in [1.165, 1.54) is 0 Å². The van der Waals surface area contributed by atoms with Crippen LogP contribution in [-0.2, 0) is 4.74 Å². The van der Waals surface area contributed by atoms with Crippen molar-refractivity contribution < 1.29 is 14.7 Å². The summed E-state index contributed by atoms with van der Waals surface area (Å²) in [5, 5.41) is 8.96. The predicted molar refractivity (Wildman–Crippen MR) is 62.7 cm³/mol. The van der Waals surface area contributed by atoms with Gasteiger partial charge in [0.05, 0.1) is 0 Å². The molecule has 4 unspecified atom stereocenters. The van der Waals surface area contributed by atoms with Gasteiger partial charge in [0.2, 0.25) is 0 Å². The number of hydroxylamine groups is 1. The van der Waals surface area contributed by atoms with Gasteiger partial charge in [-0.25, -0.2) is 10.3 Å². The Balaban J connectivity index is 1.96. The third-order valence-electron chi connectivity index (χ3n) is 3.77. The summed E-state index contributed by atoms with van der Waals surface area (Å²) in [7, 11) is 0. The number of rotatable bonds is 2. The average Bonchev–Trinajstić information content (AvgIpc) is 2.71. The third kappa shape index (κ3) is 2.26. The second-order valence-corrected chi connectivity index (χ2v) is 6.19. The van der Waals surface area contributed by atoms with Crippen LogP contribution in [0.15, 0.2) is 0 Å². The molecule has 2 aliphatic heterocycles. The number of nitrogens with one attached hydrogen (secondary N) is 1. The van der Waals surface area contributed by atoms with Crippen LogP contribution in [0.2, 0.25) is 0 Å². The quantitative estimate of drug-likeness (QED) is 0.722. The SMILES string of the molecule is CC(NO)C1C2CC1N(C(=O)OC(C)(C)C)C2. The van der Waals surface area contributed by atoms with Crippen molar-refractivity contribution in [1.29, 1.82) is 0 Å². The summed E-state index contributed by atoms with van der Waals surface area (Å²) in [6.07, 6.45) is 0.813. The smallest absolute Gasteiger partial charge is 0.410 e. The topological polar surface area (TPSA) is 61.8 Å².